The molecule has 0 N–H and O–H groups in total. The first kappa shape index (κ1) is 24.3. The Kier molecular flexibility index (Phi) is 5.35. The van der Waals surface area contributed by atoms with Crippen molar-refractivity contribution in [3.63, 3.8) is 0 Å². The summed E-state index contributed by atoms with van der Waals surface area (Å²) < 4.78 is 0. The maximum atomic E-state index is 1.71. The van der Waals surface area contributed by atoms with Gasteiger partial charge in [0.1, 0.15) is 0 Å². The SMILES string of the molecule is C1CC2C(C1)C1CC2C2C3CC(C4C5CCC(C5)C34)C12.C1CC2C(C1)C1CC2C2C3CCC(C3)C12.C1CCCC1. The summed E-state index contributed by atoms with van der Waals surface area (Å²) in [6.07, 6.45) is 32.1. The number of rotatable bonds is 0. The molecule has 40 heavy (non-hydrogen) atoms. The van der Waals surface area contributed by atoms with E-state index in [2.05, 4.69) is 0 Å². The minimum absolute atomic E-state index is 1.21. The van der Waals surface area contributed by atoms with Crippen LogP contribution in [0.2, 0.25) is 0 Å². The average molecular weight is 541 g/mol. The molecule has 10 bridgehead atoms. The van der Waals surface area contributed by atoms with E-state index in [4.69, 9.17) is 0 Å². The molecule has 0 heteroatoms. The number of hydrogen-bond acceptors (Lipinski definition) is 0. The lowest BCUT2D eigenvalue weighted by Crippen LogP contribution is -2.44. The molecule has 0 aromatic rings. The summed E-state index contributed by atoms with van der Waals surface area (Å²) in [5, 5.41) is 0. The van der Waals surface area contributed by atoms with E-state index in [0.717, 1.165) is 0 Å². The van der Waals surface area contributed by atoms with E-state index in [0.29, 0.717) is 0 Å². The molecule has 0 amide bonds. The summed E-state index contributed by atoms with van der Waals surface area (Å²) in [4.78, 5) is 0. The van der Waals surface area contributed by atoms with E-state index in [1.165, 1.54) is 150 Å². The summed E-state index contributed by atoms with van der Waals surface area (Å²) in [5.74, 6) is 24.6. The Morgan fingerprint density at radius 1 is 0.200 bits per heavy atom. The van der Waals surface area contributed by atoms with E-state index >= 15 is 0 Å². The highest BCUT2D eigenvalue weighted by Crippen LogP contribution is 2.79. The molecule has 0 aliphatic heterocycles. The standard InChI is InChI=1S/C20H28.C15H22.C5H10/c1-2-11-12(3-1)14-7-13(11)19-15-8-16(20(14)19)18-10-5-4-9(6-10)17(15)18;1-2-10-11(3-1)13-7-12(10)14-8-4-5-9(6-8)15(13)14;1-2-4-5-3-1/h9-20H,1-8H2;8-15H,1-7H2;1-5H2. The molecule has 0 aromatic heterocycles. The fourth-order valence-electron chi connectivity index (χ4n) is 18.7. The molecule has 20 atom stereocenters. The van der Waals surface area contributed by atoms with Gasteiger partial charge in [0.05, 0.1) is 0 Å². The van der Waals surface area contributed by atoms with Gasteiger partial charge in [-0.25, -0.2) is 0 Å². The predicted molar refractivity (Wildman–Crippen MR) is 162 cm³/mol. The second kappa shape index (κ2) is 8.80. The van der Waals surface area contributed by atoms with Crippen LogP contribution >= 0.6 is 0 Å². The van der Waals surface area contributed by atoms with Crippen molar-refractivity contribution in [1.82, 2.24) is 0 Å². The Balaban J connectivity index is 0.0000000918. The van der Waals surface area contributed by atoms with Crippen molar-refractivity contribution in [2.45, 2.75) is 128 Å². The Morgan fingerprint density at radius 2 is 0.500 bits per heavy atom. The van der Waals surface area contributed by atoms with Gasteiger partial charge in [-0.1, -0.05) is 44.9 Å². The highest BCUT2D eigenvalue weighted by Gasteiger charge is 2.73. The predicted octanol–water partition coefficient (Wildman–Crippen LogP) is 10.3. The van der Waals surface area contributed by atoms with E-state index in [1.54, 1.807) is 96.3 Å². The lowest BCUT2D eigenvalue weighted by Gasteiger charge is -2.48. The summed E-state index contributed by atoms with van der Waals surface area (Å²) >= 11 is 0. The van der Waals surface area contributed by atoms with Gasteiger partial charge in [0.15, 0.2) is 0 Å². The second-order valence-electron chi connectivity index (χ2n) is 19.1. The molecule has 0 saturated heterocycles. The van der Waals surface area contributed by atoms with Crippen LogP contribution < -0.4 is 0 Å². The van der Waals surface area contributed by atoms with Crippen molar-refractivity contribution in [2.75, 3.05) is 0 Å². The molecular weight excluding hydrogens is 480 g/mol. The molecule has 13 aliphatic rings. The summed E-state index contributed by atoms with van der Waals surface area (Å²) in [6, 6.07) is 0. The highest BCUT2D eigenvalue weighted by atomic mass is 14.8. The lowest BCUT2D eigenvalue weighted by molar-refractivity contribution is -0.00685. The van der Waals surface area contributed by atoms with Gasteiger partial charge < -0.3 is 0 Å². The third-order valence-electron chi connectivity index (χ3n) is 18.8. The zero-order valence-electron chi connectivity index (χ0n) is 25.7. The molecular formula is C40H60. The van der Waals surface area contributed by atoms with Crippen molar-refractivity contribution in [1.29, 1.82) is 0 Å². The molecule has 0 radical (unpaired) electrons. The van der Waals surface area contributed by atoms with Gasteiger partial charge in [0.2, 0.25) is 0 Å². The molecule has 0 nitrogen and oxygen atoms in total. The summed E-state index contributed by atoms with van der Waals surface area (Å²) in [6.45, 7) is 0. The first-order valence-corrected chi connectivity index (χ1v) is 19.8. The monoisotopic (exact) mass is 540 g/mol. The van der Waals surface area contributed by atoms with Gasteiger partial charge in [0, 0.05) is 0 Å². The van der Waals surface area contributed by atoms with Crippen molar-refractivity contribution >= 4 is 0 Å². The van der Waals surface area contributed by atoms with E-state index < -0.39 is 0 Å². The average Bonchev–Trinajstić information content (AvgIpc) is 3.82. The molecule has 13 saturated carbocycles. The van der Waals surface area contributed by atoms with Crippen LogP contribution in [0.4, 0.5) is 0 Å². The Bertz CT molecular complexity index is 932. The molecule has 0 aromatic carbocycles. The van der Waals surface area contributed by atoms with Crippen molar-refractivity contribution in [3.8, 4) is 0 Å². The molecule has 13 aliphatic carbocycles. The third-order valence-corrected chi connectivity index (χ3v) is 18.8. The van der Waals surface area contributed by atoms with Crippen molar-refractivity contribution in [2.24, 2.45) is 118 Å². The van der Waals surface area contributed by atoms with Gasteiger partial charge >= 0.3 is 0 Å². The van der Waals surface area contributed by atoms with Gasteiger partial charge in [0.25, 0.3) is 0 Å². The molecule has 20 unspecified atom stereocenters. The topological polar surface area (TPSA) is 0 Å². The lowest BCUT2D eigenvalue weighted by atomic mass is 9.57. The quantitative estimate of drug-likeness (QED) is 0.268. The van der Waals surface area contributed by atoms with Crippen LogP contribution in [0.25, 0.3) is 0 Å². The molecule has 13 fully saturated rings. The Labute approximate surface area is 246 Å². The number of fused-ring (bicyclic) bond motifs is 31. The van der Waals surface area contributed by atoms with E-state index in [-0.39, 0.29) is 0 Å². The zero-order valence-corrected chi connectivity index (χ0v) is 25.7. The molecule has 13 rings (SSSR count). The first-order valence-electron chi connectivity index (χ1n) is 19.8. The third kappa shape index (κ3) is 3.03. The maximum absolute atomic E-state index is 1.71. The minimum atomic E-state index is 1.21. The normalized spacial score (nSPS) is 66.0. The van der Waals surface area contributed by atoms with Gasteiger partial charge in [-0.15, -0.1) is 0 Å². The van der Waals surface area contributed by atoms with Crippen molar-refractivity contribution < 1.29 is 0 Å². The van der Waals surface area contributed by atoms with Crippen LogP contribution in [-0.4, -0.2) is 0 Å². The number of hydrogen-bond donors (Lipinski definition) is 0. The van der Waals surface area contributed by atoms with Crippen LogP contribution in [-0.2, 0) is 0 Å². The second-order valence-corrected chi connectivity index (χ2v) is 19.1. The van der Waals surface area contributed by atoms with E-state index in [1.807, 2.05) is 0 Å². The summed E-state index contributed by atoms with van der Waals surface area (Å²) in [7, 11) is 0. The van der Waals surface area contributed by atoms with Crippen LogP contribution in [0.15, 0.2) is 0 Å². The summed E-state index contributed by atoms with van der Waals surface area (Å²) in [5.41, 5.74) is 0. The Hall–Kier alpha value is 0. The Morgan fingerprint density at radius 3 is 0.875 bits per heavy atom. The van der Waals surface area contributed by atoms with E-state index in [9.17, 15) is 0 Å². The minimum Gasteiger partial charge on any atom is -0.0533 e. The first-order chi connectivity index (χ1) is 19.8. The smallest absolute Gasteiger partial charge is 0.0318 e. The van der Waals surface area contributed by atoms with Gasteiger partial charge in [-0.05, 0) is 202 Å². The van der Waals surface area contributed by atoms with Crippen molar-refractivity contribution in [3.05, 3.63) is 0 Å². The maximum Gasteiger partial charge on any atom is -0.0318 e. The van der Waals surface area contributed by atoms with Crippen LogP contribution in [0.3, 0.4) is 0 Å². The largest absolute Gasteiger partial charge is 0.0533 e. The van der Waals surface area contributed by atoms with Crippen LogP contribution in [0, 0.1) is 118 Å². The molecule has 220 valence electrons. The fraction of sp³-hybridized carbons (Fsp3) is 1.00. The molecule has 0 heterocycles. The fourth-order valence-corrected chi connectivity index (χ4v) is 18.7. The van der Waals surface area contributed by atoms with Crippen LogP contribution in [0.1, 0.15) is 128 Å². The zero-order chi connectivity index (χ0) is 25.7. The van der Waals surface area contributed by atoms with Crippen LogP contribution in [0.5, 0.6) is 0 Å². The van der Waals surface area contributed by atoms with Gasteiger partial charge in [-0.2, -0.15) is 0 Å². The van der Waals surface area contributed by atoms with Gasteiger partial charge in [-0.3, -0.25) is 0 Å². The molecule has 0 spiro atoms. The highest BCUT2D eigenvalue weighted by molar-refractivity contribution is 5.21.